The van der Waals surface area contributed by atoms with Crippen LogP contribution in [0, 0.1) is 5.82 Å². The molecule has 0 unspecified atom stereocenters. The Morgan fingerprint density at radius 1 is 1.22 bits per heavy atom. The summed E-state index contributed by atoms with van der Waals surface area (Å²) in [6.07, 6.45) is -4.91. The maximum atomic E-state index is 12.9. The van der Waals surface area contributed by atoms with E-state index in [0.717, 1.165) is 6.07 Å². The van der Waals surface area contributed by atoms with Gasteiger partial charge < -0.3 is 4.18 Å². The van der Waals surface area contributed by atoms with Crippen LogP contribution in [0.2, 0.25) is 0 Å². The van der Waals surface area contributed by atoms with E-state index in [4.69, 9.17) is 0 Å². The number of hydrogen-bond donors (Lipinski definition) is 0. The first kappa shape index (κ1) is 14.7. The van der Waals surface area contributed by atoms with Gasteiger partial charge in [0.2, 0.25) is 0 Å². The van der Waals surface area contributed by atoms with Gasteiger partial charge >= 0.3 is 16.3 Å². The highest BCUT2D eigenvalue weighted by atomic mass is 32.2. The quantitative estimate of drug-likeness (QED) is 0.634. The second kappa shape index (κ2) is 4.75. The Morgan fingerprint density at radius 3 is 2.22 bits per heavy atom. The van der Waals surface area contributed by atoms with Gasteiger partial charge in [0.1, 0.15) is 11.6 Å². The van der Waals surface area contributed by atoms with Gasteiger partial charge in [0.05, 0.1) is 10.8 Å². The molecule has 1 rings (SSSR count). The minimum absolute atomic E-state index is 0.315. The molecule has 0 spiro atoms. The van der Waals surface area contributed by atoms with E-state index < -0.39 is 38.7 Å². The van der Waals surface area contributed by atoms with Crippen LogP contribution in [0.5, 0.6) is 5.75 Å². The maximum Gasteiger partial charge on any atom is 0.419 e. The van der Waals surface area contributed by atoms with Crippen molar-refractivity contribution in [3.8, 4) is 5.75 Å². The Labute approximate surface area is 102 Å². The summed E-state index contributed by atoms with van der Waals surface area (Å²) in [6.45, 7) is 2.62. The summed E-state index contributed by atoms with van der Waals surface area (Å²) in [6, 6.07) is 1.65. The predicted octanol–water partition coefficient (Wildman–Crippen LogP) is 2.96. The van der Waals surface area contributed by atoms with Gasteiger partial charge in [-0.3, -0.25) is 0 Å². The van der Waals surface area contributed by atoms with Crippen molar-refractivity contribution in [2.75, 3.05) is 0 Å². The average molecular weight is 286 g/mol. The highest BCUT2D eigenvalue weighted by Gasteiger charge is 2.35. The normalized spacial score (nSPS) is 12.8. The zero-order valence-electron chi connectivity index (χ0n) is 9.45. The lowest BCUT2D eigenvalue weighted by Crippen LogP contribution is -2.20. The van der Waals surface area contributed by atoms with Crippen molar-refractivity contribution in [1.82, 2.24) is 0 Å². The zero-order chi connectivity index (χ0) is 14.1. The molecule has 8 heteroatoms. The van der Waals surface area contributed by atoms with Crippen LogP contribution >= 0.6 is 0 Å². The van der Waals surface area contributed by atoms with Crippen molar-refractivity contribution in [2.45, 2.75) is 25.3 Å². The number of benzene rings is 1. The third-order valence-corrected chi connectivity index (χ3v) is 3.61. The molecule has 0 amide bonds. The third kappa shape index (κ3) is 3.34. The van der Waals surface area contributed by atoms with Crippen molar-refractivity contribution < 1.29 is 30.2 Å². The van der Waals surface area contributed by atoms with E-state index in [-0.39, 0.29) is 0 Å². The van der Waals surface area contributed by atoms with Crippen molar-refractivity contribution >= 4 is 10.1 Å². The molecule has 102 valence electrons. The van der Waals surface area contributed by atoms with Gasteiger partial charge in [0.25, 0.3) is 0 Å². The largest absolute Gasteiger partial charge is 0.419 e. The first-order valence-corrected chi connectivity index (χ1v) is 6.31. The van der Waals surface area contributed by atoms with Gasteiger partial charge in [-0.2, -0.15) is 21.6 Å². The lowest BCUT2D eigenvalue weighted by molar-refractivity contribution is -0.140. The second-order valence-electron chi connectivity index (χ2n) is 3.76. The molecule has 1 aromatic rings. The molecule has 0 heterocycles. The van der Waals surface area contributed by atoms with Gasteiger partial charge in [-0.25, -0.2) is 4.39 Å². The number of rotatable bonds is 3. The molecule has 0 bridgehead atoms. The Kier molecular flexibility index (Phi) is 3.89. The van der Waals surface area contributed by atoms with E-state index in [0.29, 0.717) is 12.1 Å². The predicted molar refractivity (Wildman–Crippen MR) is 56.1 cm³/mol. The van der Waals surface area contributed by atoms with Crippen LogP contribution in [0.1, 0.15) is 19.4 Å². The van der Waals surface area contributed by atoms with Crippen LogP contribution in [-0.2, 0) is 16.3 Å². The number of alkyl halides is 3. The van der Waals surface area contributed by atoms with Crippen LogP contribution < -0.4 is 4.18 Å². The van der Waals surface area contributed by atoms with E-state index in [1.165, 1.54) is 13.8 Å². The third-order valence-electron chi connectivity index (χ3n) is 2.03. The van der Waals surface area contributed by atoms with E-state index in [1.807, 2.05) is 0 Å². The summed E-state index contributed by atoms with van der Waals surface area (Å²) in [4.78, 5) is 0. The molecular formula is C10H10F4O3S. The fourth-order valence-corrected chi connectivity index (χ4v) is 1.57. The second-order valence-corrected chi connectivity index (χ2v) is 5.86. The SMILES string of the molecule is CC(C)S(=O)(=O)Oc1ccc(F)c(C(F)(F)F)c1. The zero-order valence-corrected chi connectivity index (χ0v) is 10.3. The lowest BCUT2D eigenvalue weighted by Gasteiger charge is -2.12. The molecule has 3 nitrogen and oxygen atoms in total. The molecule has 0 aromatic heterocycles. The Hall–Kier alpha value is -1.31. The summed E-state index contributed by atoms with van der Waals surface area (Å²) < 4.78 is 77.2. The molecule has 0 aliphatic rings. The maximum absolute atomic E-state index is 12.9. The summed E-state index contributed by atoms with van der Waals surface area (Å²) in [5, 5.41) is -0.920. The Balaban J connectivity index is 3.15. The first-order valence-electron chi connectivity index (χ1n) is 4.84. The molecular weight excluding hydrogens is 276 g/mol. The van der Waals surface area contributed by atoms with Crippen molar-refractivity contribution in [3.63, 3.8) is 0 Å². The smallest absolute Gasteiger partial charge is 0.382 e. The molecule has 0 N–H and O–H groups in total. The van der Waals surface area contributed by atoms with E-state index in [9.17, 15) is 26.0 Å². The van der Waals surface area contributed by atoms with E-state index >= 15 is 0 Å². The van der Waals surface area contributed by atoms with Gasteiger partial charge in [-0.05, 0) is 32.0 Å². The number of halogens is 4. The lowest BCUT2D eigenvalue weighted by atomic mass is 10.2. The molecule has 0 saturated heterocycles. The minimum atomic E-state index is -4.91. The van der Waals surface area contributed by atoms with Crippen LogP contribution in [-0.4, -0.2) is 13.7 Å². The van der Waals surface area contributed by atoms with Gasteiger partial charge in [-0.1, -0.05) is 0 Å². The number of hydrogen-bond acceptors (Lipinski definition) is 3. The molecule has 0 radical (unpaired) electrons. The summed E-state index contributed by atoms with van der Waals surface area (Å²) >= 11 is 0. The van der Waals surface area contributed by atoms with Crippen molar-refractivity contribution in [2.24, 2.45) is 0 Å². The summed E-state index contributed by atoms with van der Waals surface area (Å²) in [7, 11) is -4.02. The highest BCUT2D eigenvalue weighted by molar-refractivity contribution is 7.87. The first-order chi connectivity index (χ1) is 8.04. The molecule has 1 aromatic carbocycles. The standard InChI is InChI=1S/C10H10F4O3S/c1-6(2)18(15,16)17-7-3-4-9(11)8(5-7)10(12,13)14/h3-6H,1-2H3. The minimum Gasteiger partial charge on any atom is -0.382 e. The van der Waals surface area contributed by atoms with Crippen LogP contribution in [0.25, 0.3) is 0 Å². The van der Waals surface area contributed by atoms with Gasteiger partial charge in [0, 0.05) is 0 Å². The summed E-state index contributed by atoms with van der Waals surface area (Å²) in [5.74, 6) is -2.06. The molecule has 0 fully saturated rings. The average Bonchev–Trinajstić information content (AvgIpc) is 2.18. The molecule has 18 heavy (non-hydrogen) atoms. The van der Waals surface area contributed by atoms with Crippen molar-refractivity contribution in [3.05, 3.63) is 29.6 Å². The van der Waals surface area contributed by atoms with Gasteiger partial charge in [-0.15, -0.1) is 0 Å². The Morgan fingerprint density at radius 2 is 1.78 bits per heavy atom. The monoisotopic (exact) mass is 286 g/mol. The van der Waals surface area contributed by atoms with Crippen LogP contribution in [0.15, 0.2) is 18.2 Å². The van der Waals surface area contributed by atoms with E-state index in [1.54, 1.807) is 0 Å². The fourth-order valence-electron chi connectivity index (χ4n) is 1.00. The van der Waals surface area contributed by atoms with Gasteiger partial charge in [0.15, 0.2) is 0 Å². The summed E-state index contributed by atoms with van der Waals surface area (Å²) in [5.41, 5.74) is -1.57. The molecule has 0 aliphatic heterocycles. The molecule has 0 aliphatic carbocycles. The van der Waals surface area contributed by atoms with Crippen LogP contribution in [0.3, 0.4) is 0 Å². The van der Waals surface area contributed by atoms with Crippen molar-refractivity contribution in [1.29, 1.82) is 0 Å². The highest BCUT2D eigenvalue weighted by Crippen LogP contribution is 2.34. The topological polar surface area (TPSA) is 43.4 Å². The molecule has 0 saturated carbocycles. The van der Waals surface area contributed by atoms with Crippen LogP contribution in [0.4, 0.5) is 17.6 Å². The van der Waals surface area contributed by atoms with E-state index in [2.05, 4.69) is 4.18 Å². The Bertz CT molecular complexity index is 535. The fraction of sp³-hybridized carbons (Fsp3) is 0.400. The molecule has 0 atom stereocenters.